The third kappa shape index (κ3) is 3.78. The number of nitro groups is 1. The largest absolute Gasteiger partial charge is 0.381 e. The molecule has 0 saturated carbocycles. The summed E-state index contributed by atoms with van der Waals surface area (Å²) in [7, 11) is 0. The molecule has 1 N–H and O–H groups in total. The van der Waals surface area contributed by atoms with E-state index in [9.17, 15) is 10.1 Å². The zero-order valence-corrected chi connectivity index (χ0v) is 10.3. The summed E-state index contributed by atoms with van der Waals surface area (Å²) in [4.78, 5) is 10.2. The fourth-order valence-corrected chi connectivity index (χ4v) is 2.11. The molecule has 1 heterocycles. The maximum atomic E-state index is 10.5. The molecule has 2 rings (SSSR count). The van der Waals surface area contributed by atoms with Gasteiger partial charge in [-0.25, -0.2) is 0 Å². The Hall–Kier alpha value is -1.46. The Labute approximate surface area is 106 Å². The zero-order valence-electron chi connectivity index (χ0n) is 10.3. The molecule has 18 heavy (non-hydrogen) atoms. The third-order valence-electron chi connectivity index (χ3n) is 3.19. The quantitative estimate of drug-likeness (QED) is 0.657. The van der Waals surface area contributed by atoms with Gasteiger partial charge in [0.1, 0.15) is 0 Å². The molecule has 0 amide bonds. The fraction of sp³-hybridized carbons (Fsp3) is 0.538. The zero-order chi connectivity index (χ0) is 12.8. The van der Waals surface area contributed by atoms with Crippen molar-refractivity contribution in [1.82, 2.24) is 5.32 Å². The van der Waals surface area contributed by atoms with Crippen molar-refractivity contribution in [3.05, 3.63) is 39.9 Å². The van der Waals surface area contributed by atoms with Crippen molar-refractivity contribution in [1.29, 1.82) is 0 Å². The summed E-state index contributed by atoms with van der Waals surface area (Å²) in [5.41, 5.74) is 1.22. The van der Waals surface area contributed by atoms with Crippen molar-refractivity contribution in [2.24, 2.45) is 0 Å². The number of rotatable bonds is 4. The van der Waals surface area contributed by atoms with Gasteiger partial charge >= 0.3 is 0 Å². The van der Waals surface area contributed by atoms with E-state index in [4.69, 9.17) is 4.74 Å². The van der Waals surface area contributed by atoms with E-state index < -0.39 is 0 Å². The van der Waals surface area contributed by atoms with Crippen LogP contribution in [-0.4, -0.2) is 24.2 Å². The Morgan fingerprint density at radius 3 is 2.78 bits per heavy atom. The minimum absolute atomic E-state index is 0.140. The fourth-order valence-electron chi connectivity index (χ4n) is 2.11. The maximum Gasteiger partial charge on any atom is 0.269 e. The summed E-state index contributed by atoms with van der Waals surface area (Å²) in [5.74, 6) is 0. The van der Waals surface area contributed by atoms with Gasteiger partial charge < -0.3 is 10.1 Å². The van der Waals surface area contributed by atoms with Crippen LogP contribution in [0.4, 0.5) is 5.69 Å². The van der Waals surface area contributed by atoms with E-state index in [0.29, 0.717) is 6.04 Å². The predicted molar refractivity (Wildman–Crippen MR) is 68.4 cm³/mol. The number of nitrogens with zero attached hydrogens (tertiary/aromatic N) is 1. The molecule has 1 aromatic carbocycles. The molecule has 1 fully saturated rings. The molecule has 5 nitrogen and oxygen atoms in total. The first-order valence-corrected chi connectivity index (χ1v) is 6.30. The molecule has 0 aliphatic carbocycles. The van der Waals surface area contributed by atoms with Crippen molar-refractivity contribution in [3.8, 4) is 0 Å². The lowest BCUT2D eigenvalue weighted by atomic mass is 10.1. The first-order chi connectivity index (χ1) is 8.75. The highest BCUT2D eigenvalue weighted by molar-refractivity contribution is 5.32. The van der Waals surface area contributed by atoms with Crippen molar-refractivity contribution < 1.29 is 9.66 Å². The Morgan fingerprint density at radius 1 is 1.28 bits per heavy atom. The van der Waals surface area contributed by atoms with Gasteiger partial charge in [0.05, 0.1) is 4.92 Å². The van der Waals surface area contributed by atoms with Crippen molar-refractivity contribution in [2.45, 2.75) is 31.8 Å². The lowest BCUT2D eigenvalue weighted by Gasteiger charge is -2.15. The number of benzene rings is 1. The molecule has 98 valence electrons. The molecule has 1 atom stereocenters. The molecule has 0 spiro atoms. The maximum absolute atomic E-state index is 10.5. The minimum atomic E-state index is -0.375. The highest BCUT2D eigenvalue weighted by Crippen LogP contribution is 2.13. The van der Waals surface area contributed by atoms with Gasteiger partial charge in [-0.1, -0.05) is 12.1 Å². The van der Waals surface area contributed by atoms with Crippen molar-refractivity contribution in [2.75, 3.05) is 13.2 Å². The van der Waals surface area contributed by atoms with Gasteiger partial charge in [0, 0.05) is 37.9 Å². The Kier molecular flexibility index (Phi) is 4.66. The van der Waals surface area contributed by atoms with Crippen molar-refractivity contribution >= 4 is 5.69 Å². The van der Waals surface area contributed by atoms with Crippen LogP contribution in [0, 0.1) is 10.1 Å². The Balaban J connectivity index is 1.83. The topological polar surface area (TPSA) is 64.4 Å². The van der Waals surface area contributed by atoms with Crippen LogP contribution in [-0.2, 0) is 11.3 Å². The summed E-state index contributed by atoms with van der Waals surface area (Å²) in [5, 5.41) is 14.0. The third-order valence-corrected chi connectivity index (χ3v) is 3.19. The van der Waals surface area contributed by atoms with Gasteiger partial charge in [0.25, 0.3) is 5.69 Å². The predicted octanol–water partition coefficient (Wildman–Crippen LogP) is 2.25. The lowest BCUT2D eigenvalue weighted by molar-refractivity contribution is -0.384. The molecule has 1 saturated heterocycles. The van der Waals surface area contributed by atoms with Crippen LogP contribution >= 0.6 is 0 Å². The summed E-state index contributed by atoms with van der Waals surface area (Å²) in [6.45, 7) is 2.43. The molecular weight excluding hydrogens is 232 g/mol. The molecule has 1 aliphatic rings. The molecule has 0 bridgehead atoms. The minimum Gasteiger partial charge on any atom is -0.381 e. The SMILES string of the molecule is O=[N+]([O-])c1ccc(CNC2CCCOCC2)cc1. The Morgan fingerprint density at radius 2 is 2.06 bits per heavy atom. The number of ether oxygens (including phenoxy) is 1. The van der Waals surface area contributed by atoms with Gasteiger partial charge in [-0.2, -0.15) is 0 Å². The first-order valence-electron chi connectivity index (χ1n) is 6.30. The second-order valence-electron chi connectivity index (χ2n) is 4.54. The molecule has 0 radical (unpaired) electrons. The smallest absolute Gasteiger partial charge is 0.269 e. The van der Waals surface area contributed by atoms with E-state index in [-0.39, 0.29) is 10.6 Å². The summed E-state index contributed by atoms with van der Waals surface area (Å²) >= 11 is 0. The second-order valence-corrected chi connectivity index (χ2v) is 4.54. The van der Waals surface area contributed by atoms with E-state index in [1.54, 1.807) is 24.3 Å². The van der Waals surface area contributed by atoms with Crippen LogP contribution in [0.15, 0.2) is 24.3 Å². The van der Waals surface area contributed by atoms with Gasteiger partial charge in [-0.05, 0) is 24.8 Å². The Bertz CT molecular complexity index is 384. The second kappa shape index (κ2) is 6.47. The van der Waals surface area contributed by atoms with E-state index in [1.165, 1.54) is 0 Å². The van der Waals surface area contributed by atoms with E-state index in [2.05, 4.69) is 5.32 Å². The highest BCUT2D eigenvalue weighted by atomic mass is 16.6. The highest BCUT2D eigenvalue weighted by Gasteiger charge is 2.11. The van der Waals surface area contributed by atoms with Gasteiger partial charge in [-0.3, -0.25) is 10.1 Å². The van der Waals surface area contributed by atoms with Gasteiger partial charge in [0.2, 0.25) is 0 Å². The molecule has 1 unspecified atom stereocenters. The van der Waals surface area contributed by atoms with Crippen molar-refractivity contribution in [3.63, 3.8) is 0 Å². The summed E-state index contributed by atoms with van der Waals surface area (Å²) < 4.78 is 5.40. The molecular formula is C13H18N2O3. The van der Waals surface area contributed by atoms with Crippen LogP contribution in [0.3, 0.4) is 0 Å². The summed E-state index contributed by atoms with van der Waals surface area (Å²) in [6.07, 6.45) is 3.26. The van der Waals surface area contributed by atoms with Crippen LogP contribution in [0.5, 0.6) is 0 Å². The number of non-ortho nitro benzene ring substituents is 1. The van der Waals surface area contributed by atoms with Crippen LogP contribution in [0.25, 0.3) is 0 Å². The van der Waals surface area contributed by atoms with Crippen LogP contribution in [0.1, 0.15) is 24.8 Å². The average Bonchev–Trinajstić information content (AvgIpc) is 2.65. The number of hydrogen-bond acceptors (Lipinski definition) is 4. The molecule has 1 aromatic rings. The number of nitro benzene ring substituents is 1. The van der Waals surface area contributed by atoms with E-state index in [0.717, 1.165) is 44.6 Å². The van der Waals surface area contributed by atoms with Crippen LogP contribution in [0.2, 0.25) is 0 Å². The normalized spacial score (nSPS) is 20.3. The monoisotopic (exact) mass is 250 g/mol. The first kappa shape index (κ1) is 13.0. The van der Waals surface area contributed by atoms with E-state index >= 15 is 0 Å². The van der Waals surface area contributed by atoms with Gasteiger partial charge in [0.15, 0.2) is 0 Å². The van der Waals surface area contributed by atoms with E-state index in [1.807, 2.05) is 0 Å². The molecule has 1 aliphatic heterocycles. The number of hydrogen-bond donors (Lipinski definition) is 1. The number of nitrogens with one attached hydrogen (secondary N) is 1. The van der Waals surface area contributed by atoms with Crippen LogP contribution < -0.4 is 5.32 Å². The van der Waals surface area contributed by atoms with Gasteiger partial charge in [-0.15, -0.1) is 0 Å². The average molecular weight is 250 g/mol. The lowest BCUT2D eigenvalue weighted by Crippen LogP contribution is -2.28. The summed E-state index contributed by atoms with van der Waals surface area (Å²) in [6, 6.07) is 7.19. The molecule has 0 aromatic heterocycles. The molecule has 5 heteroatoms. The standard InChI is InChI=1S/C13H18N2O3/c16-15(17)13-5-3-11(4-6-13)10-14-12-2-1-8-18-9-7-12/h3-6,12,14H,1-2,7-10H2.